The van der Waals surface area contributed by atoms with Gasteiger partial charge in [0, 0.05) is 11.8 Å². The Bertz CT molecular complexity index is 667. The fourth-order valence-electron chi connectivity index (χ4n) is 1.58. The van der Waals surface area contributed by atoms with E-state index in [0.717, 1.165) is 0 Å². The molecule has 0 aliphatic carbocycles. The smallest absolute Gasteiger partial charge is 0.256 e. The van der Waals surface area contributed by atoms with E-state index in [2.05, 4.69) is 10.3 Å². The third-order valence-corrected chi connectivity index (χ3v) is 2.86. The number of nitrogens with zero attached hydrogens (tertiary/aromatic N) is 2. The van der Waals surface area contributed by atoms with Gasteiger partial charge in [-0.3, -0.25) is 14.2 Å². The number of anilines is 1. The van der Waals surface area contributed by atoms with Gasteiger partial charge in [-0.25, -0.2) is 4.98 Å². The summed E-state index contributed by atoms with van der Waals surface area (Å²) in [5.74, 6) is -0.331. The quantitative estimate of drug-likeness (QED) is 0.931. The Balaban J connectivity index is 2.12. The normalized spacial score (nSPS) is 10.2. The Morgan fingerprint density at radius 3 is 2.89 bits per heavy atom. The Morgan fingerprint density at radius 2 is 2.16 bits per heavy atom. The Kier molecular flexibility index (Phi) is 3.97. The van der Waals surface area contributed by atoms with Crippen LogP contribution in [-0.2, 0) is 11.3 Å². The van der Waals surface area contributed by atoms with Gasteiger partial charge in [-0.05, 0) is 19.1 Å². The van der Waals surface area contributed by atoms with Crippen molar-refractivity contribution in [1.29, 1.82) is 0 Å². The van der Waals surface area contributed by atoms with Gasteiger partial charge >= 0.3 is 0 Å². The maximum absolute atomic E-state index is 11.8. The molecule has 1 aromatic carbocycles. The second-order valence-electron chi connectivity index (χ2n) is 4.04. The van der Waals surface area contributed by atoms with E-state index in [4.69, 9.17) is 11.6 Å². The lowest BCUT2D eigenvalue weighted by molar-refractivity contribution is -0.116. The molecule has 0 aliphatic heterocycles. The molecule has 0 fully saturated rings. The van der Waals surface area contributed by atoms with Crippen molar-refractivity contribution < 1.29 is 4.79 Å². The largest absolute Gasteiger partial charge is 0.323 e. The number of halogens is 1. The van der Waals surface area contributed by atoms with E-state index in [-0.39, 0.29) is 18.0 Å². The number of nitrogens with one attached hydrogen (secondary N) is 1. The first kappa shape index (κ1) is 13.3. The first-order valence-corrected chi connectivity index (χ1v) is 6.01. The Labute approximate surface area is 114 Å². The van der Waals surface area contributed by atoms with Crippen LogP contribution in [0.15, 0.2) is 41.6 Å². The molecular weight excluding hydrogens is 266 g/mol. The van der Waals surface area contributed by atoms with Gasteiger partial charge in [0.1, 0.15) is 6.54 Å². The zero-order valence-corrected chi connectivity index (χ0v) is 11.0. The standard InChI is InChI=1S/C13H12ClN3O2/c1-9-6-15-8-17(13(9)19)7-12(18)16-11-5-3-2-4-10(11)14/h2-6,8H,7H2,1H3,(H,16,18). The lowest BCUT2D eigenvalue weighted by Gasteiger charge is -2.08. The van der Waals surface area contributed by atoms with Crippen LogP contribution in [0.5, 0.6) is 0 Å². The fourth-order valence-corrected chi connectivity index (χ4v) is 1.76. The highest BCUT2D eigenvalue weighted by Crippen LogP contribution is 2.20. The van der Waals surface area contributed by atoms with Crippen LogP contribution in [0.25, 0.3) is 0 Å². The predicted molar refractivity (Wildman–Crippen MR) is 73.3 cm³/mol. The van der Waals surface area contributed by atoms with Gasteiger partial charge in [0.2, 0.25) is 5.91 Å². The van der Waals surface area contributed by atoms with Crippen LogP contribution >= 0.6 is 11.6 Å². The molecule has 5 nitrogen and oxygen atoms in total. The maximum atomic E-state index is 11.8. The Morgan fingerprint density at radius 1 is 1.42 bits per heavy atom. The summed E-state index contributed by atoms with van der Waals surface area (Å²) >= 11 is 5.93. The lowest BCUT2D eigenvalue weighted by atomic mass is 10.3. The minimum absolute atomic E-state index is 0.0985. The number of rotatable bonds is 3. The van der Waals surface area contributed by atoms with Crippen molar-refractivity contribution in [3.63, 3.8) is 0 Å². The highest BCUT2D eigenvalue weighted by Gasteiger charge is 2.08. The summed E-state index contributed by atoms with van der Waals surface area (Å²) in [7, 11) is 0. The molecule has 6 heteroatoms. The molecule has 2 rings (SSSR count). The maximum Gasteiger partial charge on any atom is 0.256 e. The highest BCUT2D eigenvalue weighted by atomic mass is 35.5. The van der Waals surface area contributed by atoms with Crippen LogP contribution in [0, 0.1) is 6.92 Å². The van der Waals surface area contributed by atoms with Gasteiger partial charge < -0.3 is 5.32 Å². The summed E-state index contributed by atoms with van der Waals surface area (Å²) in [6.45, 7) is 1.55. The summed E-state index contributed by atoms with van der Waals surface area (Å²) in [5, 5.41) is 3.10. The van der Waals surface area contributed by atoms with Gasteiger partial charge in [0.05, 0.1) is 17.0 Å². The van der Waals surface area contributed by atoms with E-state index in [9.17, 15) is 9.59 Å². The second-order valence-corrected chi connectivity index (χ2v) is 4.44. The van der Waals surface area contributed by atoms with Crippen molar-refractivity contribution in [2.45, 2.75) is 13.5 Å². The van der Waals surface area contributed by atoms with Crippen molar-refractivity contribution in [3.05, 3.63) is 57.7 Å². The van der Waals surface area contributed by atoms with Crippen molar-refractivity contribution in [2.24, 2.45) is 0 Å². The summed E-state index contributed by atoms with van der Waals surface area (Å²) in [6, 6.07) is 6.91. The zero-order chi connectivity index (χ0) is 13.8. The molecule has 0 saturated heterocycles. The molecule has 0 saturated carbocycles. The monoisotopic (exact) mass is 277 g/mol. The average molecular weight is 278 g/mol. The van der Waals surface area contributed by atoms with E-state index < -0.39 is 0 Å². The second kappa shape index (κ2) is 5.67. The third kappa shape index (κ3) is 3.20. The molecule has 0 aliphatic rings. The number of carbonyl (C=O) groups is 1. The van der Waals surface area contributed by atoms with Gasteiger partial charge in [0.15, 0.2) is 0 Å². The molecule has 98 valence electrons. The number of aryl methyl sites for hydroxylation is 1. The number of amides is 1. The predicted octanol–water partition coefficient (Wildman–Crippen LogP) is 1.84. The number of benzene rings is 1. The van der Waals surface area contributed by atoms with Gasteiger partial charge in [-0.1, -0.05) is 23.7 Å². The minimum atomic E-state index is -0.331. The number of hydrogen-bond donors (Lipinski definition) is 1. The van der Waals surface area contributed by atoms with Crippen molar-refractivity contribution in [1.82, 2.24) is 9.55 Å². The molecule has 2 aromatic rings. The third-order valence-electron chi connectivity index (χ3n) is 2.53. The van der Waals surface area contributed by atoms with Crippen molar-refractivity contribution in [2.75, 3.05) is 5.32 Å². The summed E-state index contributed by atoms with van der Waals surface area (Å²) in [4.78, 5) is 27.5. The van der Waals surface area contributed by atoms with Gasteiger partial charge in [-0.2, -0.15) is 0 Å². The zero-order valence-electron chi connectivity index (χ0n) is 10.3. The molecule has 19 heavy (non-hydrogen) atoms. The number of hydrogen-bond acceptors (Lipinski definition) is 3. The summed E-state index contributed by atoms with van der Waals surface area (Å²) < 4.78 is 1.25. The van der Waals surface area contributed by atoms with E-state index in [0.29, 0.717) is 16.3 Å². The summed E-state index contributed by atoms with van der Waals surface area (Å²) in [5.41, 5.74) is 0.778. The van der Waals surface area contributed by atoms with E-state index >= 15 is 0 Å². The molecule has 1 heterocycles. The van der Waals surface area contributed by atoms with E-state index in [1.54, 1.807) is 31.2 Å². The topological polar surface area (TPSA) is 64.0 Å². The van der Waals surface area contributed by atoms with E-state index in [1.807, 2.05) is 0 Å². The molecule has 0 bridgehead atoms. The van der Waals surface area contributed by atoms with Crippen LogP contribution in [0.1, 0.15) is 5.56 Å². The van der Waals surface area contributed by atoms with Crippen LogP contribution in [0.2, 0.25) is 5.02 Å². The molecule has 1 N–H and O–H groups in total. The molecule has 0 unspecified atom stereocenters. The molecular formula is C13H12ClN3O2. The molecule has 1 aromatic heterocycles. The van der Waals surface area contributed by atoms with Gasteiger partial charge in [0.25, 0.3) is 5.56 Å². The van der Waals surface area contributed by atoms with Crippen LogP contribution in [0.3, 0.4) is 0 Å². The van der Waals surface area contributed by atoms with Crippen LogP contribution < -0.4 is 10.9 Å². The number of para-hydroxylation sites is 1. The molecule has 0 spiro atoms. The van der Waals surface area contributed by atoms with Crippen LogP contribution in [-0.4, -0.2) is 15.5 Å². The fraction of sp³-hybridized carbons (Fsp3) is 0.154. The number of carbonyl (C=O) groups excluding carboxylic acids is 1. The van der Waals surface area contributed by atoms with Crippen molar-refractivity contribution >= 4 is 23.2 Å². The first-order chi connectivity index (χ1) is 9.08. The Hall–Kier alpha value is -2.14. The van der Waals surface area contributed by atoms with Crippen LogP contribution in [0.4, 0.5) is 5.69 Å². The number of aromatic nitrogens is 2. The van der Waals surface area contributed by atoms with E-state index in [1.165, 1.54) is 17.1 Å². The SMILES string of the molecule is Cc1cncn(CC(=O)Nc2ccccc2Cl)c1=O. The average Bonchev–Trinajstić information content (AvgIpc) is 2.38. The molecule has 0 atom stereocenters. The minimum Gasteiger partial charge on any atom is -0.323 e. The first-order valence-electron chi connectivity index (χ1n) is 5.63. The summed E-state index contributed by atoms with van der Waals surface area (Å²) in [6.07, 6.45) is 2.80. The van der Waals surface area contributed by atoms with Crippen molar-refractivity contribution in [3.8, 4) is 0 Å². The molecule has 1 amide bonds. The lowest BCUT2D eigenvalue weighted by Crippen LogP contribution is -2.28. The molecule has 0 radical (unpaired) electrons. The highest BCUT2D eigenvalue weighted by molar-refractivity contribution is 6.33. The van der Waals surface area contributed by atoms with Gasteiger partial charge in [-0.15, -0.1) is 0 Å².